The zero-order chi connectivity index (χ0) is 18.8. The standard InChI is InChI=1S/C19H18N6O2/c1-12-16(18(26)24-13-6-8-14(27-2)9-7-13)17(15-5-3-4-10-20-15)25-19(23-12)21-11-22-25/h3-11,17H,1-2H3,(H,24,26)(H,21,22,23)/t17-/m0/s1. The fraction of sp³-hybridized carbons (Fsp3) is 0.158. The lowest BCUT2D eigenvalue weighted by atomic mass is 9.98. The number of hydrogen-bond donors (Lipinski definition) is 2. The molecule has 0 radical (unpaired) electrons. The summed E-state index contributed by atoms with van der Waals surface area (Å²) in [6, 6.07) is 12.3. The van der Waals surface area contributed by atoms with Crippen LogP contribution in [0.3, 0.4) is 0 Å². The molecule has 0 aliphatic carbocycles. The first kappa shape index (κ1) is 16.8. The molecule has 136 valence electrons. The van der Waals surface area contributed by atoms with Crippen LogP contribution in [0.1, 0.15) is 18.7 Å². The smallest absolute Gasteiger partial charge is 0.255 e. The molecule has 1 aliphatic rings. The van der Waals surface area contributed by atoms with E-state index in [1.165, 1.54) is 6.33 Å². The number of hydrogen-bond acceptors (Lipinski definition) is 6. The number of rotatable bonds is 4. The Labute approximate surface area is 155 Å². The Morgan fingerprint density at radius 3 is 2.70 bits per heavy atom. The lowest BCUT2D eigenvalue weighted by Gasteiger charge is -2.28. The topological polar surface area (TPSA) is 94.0 Å². The van der Waals surface area contributed by atoms with Gasteiger partial charge in [-0.05, 0) is 43.3 Å². The Hall–Kier alpha value is -3.68. The van der Waals surface area contributed by atoms with Crippen molar-refractivity contribution in [3.63, 3.8) is 0 Å². The van der Waals surface area contributed by atoms with Crippen LogP contribution in [0.15, 0.2) is 66.3 Å². The summed E-state index contributed by atoms with van der Waals surface area (Å²) in [6.45, 7) is 1.84. The second kappa shape index (κ2) is 6.91. The largest absolute Gasteiger partial charge is 0.497 e. The molecule has 1 aliphatic heterocycles. The number of methoxy groups -OCH3 is 1. The van der Waals surface area contributed by atoms with Crippen molar-refractivity contribution in [2.75, 3.05) is 17.7 Å². The summed E-state index contributed by atoms with van der Waals surface area (Å²) in [5, 5.41) is 10.4. The van der Waals surface area contributed by atoms with E-state index < -0.39 is 6.04 Å². The van der Waals surface area contributed by atoms with Gasteiger partial charge in [-0.1, -0.05) is 6.07 Å². The van der Waals surface area contributed by atoms with Gasteiger partial charge in [-0.3, -0.25) is 9.78 Å². The number of anilines is 2. The Morgan fingerprint density at radius 1 is 1.19 bits per heavy atom. The number of ether oxygens (including phenoxy) is 1. The Bertz CT molecular complexity index is 995. The van der Waals surface area contributed by atoms with E-state index in [1.807, 2.05) is 25.1 Å². The number of carbonyl (C=O) groups excluding carboxylic acids is 1. The Balaban J connectivity index is 1.70. The highest BCUT2D eigenvalue weighted by molar-refractivity contribution is 6.05. The van der Waals surface area contributed by atoms with Crippen molar-refractivity contribution in [1.82, 2.24) is 19.7 Å². The molecule has 0 saturated carbocycles. The van der Waals surface area contributed by atoms with Crippen molar-refractivity contribution in [1.29, 1.82) is 0 Å². The first-order valence-corrected chi connectivity index (χ1v) is 8.41. The van der Waals surface area contributed by atoms with Crippen LogP contribution >= 0.6 is 0 Å². The van der Waals surface area contributed by atoms with Crippen molar-refractivity contribution in [3.05, 3.63) is 72.0 Å². The second-order valence-electron chi connectivity index (χ2n) is 6.03. The third-order valence-electron chi connectivity index (χ3n) is 4.35. The van der Waals surface area contributed by atoms with Crippen molar-refractivity contribution in [2.45, 2.75) is 13.0 Å². The molecule has 2 aromatic heterocycles. The van der Waals surface area contributed by atoms with Gasteiger partial charge in [-0.2, -0.15) is 10.1 Å². The molecule has 0 fully saturated rings. The van der Waals surface area contributed by atoms with E-state index in [-0.39, 0.29) is 5.91 Å². The summed E-state index contributed by atoms with van der Waals surface area (Å²) in [6.07, 6.45) is 3.15. The van der Waals surface area contributed by atoms with Crippen LogP contribution in [-0.4, -0.2) is 32.8 Å². The predicted octanol–water partition coefficient (Wildman–Crippen LogP) is 2.61. The number of nitrogens with zero attached hydrogens (tertiary/aromatic N) is 4. The molecule has 1 aromatic carbocycles. The minimum absolute atomic E-state index is 0.234. The van der Waals surface area contributed by atoms with Gasteiger partial charge in [-0.25, -0.2) is 4.68 Å². The molecular weight excluding hydrogens is 344 g/mol. The van der Waals surface area contributed by atoms with Crippen LogP contribution in [0.25, 0.3) is 0 Å². The van der Waals surface area contributed by atoms with Gasteiger partial charge in [0, 0.05) is 17.6 Å². The maximum absolute atomic E-state index is 13.1. The van der Waals surface area contributed by atoms with E-state index in [4.69, 9.17) is 4.74 Å². The minimum Gasteiger partial charge on any atom is -0.497 e. The lowest BCUT2D eigenvalue weighted by molar-refractivity contribution is -0.113. The van der Waals surface area contributed by atoms with Gasteiger partial charge in [0.25, 0.3) is 5.91 Å². The number of benzene rings is 1. The van der Waals surface area contributed by atoms with Crippen LogP contribution < -0.4 is 15.4 Å². The number of amides is 1. The fourth-order valence-electron chi connectivity index (χ4n) is 3.07. The molecule has 0 saturated heterocycles. The molecule has 3 heterocycles. The third kappa shape index (κ3) is 3.12. The van der Waals surface area contributed by atoms with Gasteiger partial charge >= 0.3 is 0 Å². The average molecular weight is 362 g/mol. The van der Waals surface area contributed by atoms with Crippen LogP contribution in [0.4, 0.5) is 11.6 Å². The summed E-state index contributed by atoms with van der Waals surface area (Å²) in [5.41, 5.74) is 2.62. The molecule has 0 bridgehead atoms. The fourth-order valence-corrected chi connectivity index (χ4v) is 3.07. The van der Waals surface area contributed by atoms with Gasteiger partial charge in [-0.15, -0.1) is 0 Å². The molecular formula is C19H18N6O2. The van der Waals surface area contributed by atoms with Crippen molar-refractivity contribution >= 4 is 17.5 Å². The summed E-state index contributed by atoms with van der Waals surface area (Å²) in [4.78, 5) is 21.8. The van der Waals surface area contributed by atoms with Crippen LogP contribution in [-0.2, 0) is 4.79 Å². The molecule has 0 unspecified atom stereocenters. The third-order valence-corrected chi connectivity index (χ3v) is 4.35. The minimum atomic E-state index is -0.469. The zero-order valence-electron chi connectivity index (χ0n) is 14.9. The number of pyridine rings is 1. The van der Waals surface area contributed by atoms with Crippen molar-refractivity contribution < 1.29 is 9.53 Å². The van der Waals surface area contributed by atoms with Gasteiger partial charge in [0.1, 0.15) is 18.1 Å². The number of nitrogens with one attached hydrogen (secondary N) is 2. The highest BCUT2D eigenvalue weighted by Crippen LogP contribution is 2.34. The summed E-state index contributed by atoms with van der Waals surface area (Å²) in [5.74, 6) is 1.06. The molecule has 27 heavy (non-hydrogen) atoms. The van der Waals surface area contributed by atoms with E-state index >= 15 is 0 Å². The van der Waals surface area contributed by atoms with E-state index in [9.17, 15) is 4.79 Å². The molecule has 0 spiro atoms. The lowest BCUT2D eigenvalue weighted by Crippen LogP contribution is -2.32. The quantitative estimate of drug-likeness (QED) is 0.741. The SMILES string of the molecule is COc1ccc(NC(=O)C2=C(C)Nc3ncnn3[C@H]2c2ccccn2)cc1. The molecule has 1 atom stereocenters. The maximum atomic E-state index is 13.1. The van der Waals surface area contributed by atoms with Gasteiger partial charge in [0.05, 0.1) is 18.4 Å². The predicted molar refractivity (Wildman–Crippen MR) is 100 cm³/mol. The van der Waals surface area contributed by atoms with Gasteiger partial charge in [0.2, 0.25) is 5.95 Å². The Kier molecular flexibility index (Phi) is 4.29. The van der Waals surface area contributed by atoms with E-state index in [0.29, 0.717) is 28.6 Å². The second-order valence-corrected chi connectivity index (χ2v) is 6.03. The Morgan fingerprint density at radius 2 is 2.00 bits per heavy atom. The molecule has 4 rings (SSSR count). The molecule has 1 amide bonds. The number of carbonyl (C=O) groups is 1. The van der Waals surface area contributed by atoms with Crippen molar-refractivity contribution in [3.8, 4) is 5.75 Å². The summed E-state index contributed by atoms with van der Waals surface area (Å²) < 4.78 is 6.82. The van der Waals surface area contributed by atoms with Crippen LogP contribution in [0.5, 0.6) is 5.75 Å². The van der Waals surface area contributed by atoms with Crippen LogP contribution in [0, 0.1) is 0 Å². The monoisotopic (exact) mass is 362 g/mol. The molecule has 8 heteroatoms. The van der Waals surface area contributed by atoms with Gasteiger partial charge in [0.15, 0.2) is 0 Å². The first-order valence-electron chi connectivity index (χ1n) is 8.41. The normalized spacial score (nSPS) is 15.7. The van der Waals surface area contributed by atoms with E-state index in [2.05, 4.69) is 25.7 Å². The van der Waals surface area contributed by atoms with Gasteiger partial charge < -0.3 is 15.4 Å². The van der Waals surface area contributed by atoms with Crippen LogP contribution in [0.2, 0.25) is 0 Å². The number of allylic oxidation sites excluding steroid dienone is 1. The summed E-state index contributed by atoms with van der Waals surface area (Å²) in [7, 11) is 1.60. The highest BCUT2D eigenvalue weighted by atomic mass is 16.5. The van der Waals surface area contributed by atoms with Crippen molar-refractivity contribution in [2.24, 2.45) is 0 Å². The zero-order valence-corrected chi connectivity index (χ0v) is 14.9. The molecule has 8 nitrogen and oxygen atoms in total. The highest BCUT2D eigenvalue weighted by Gasteiger charge is 2.34. The molecule has 3 aromatic rings. The maximum Gasteiger partial charge on any atom is 0.255 e. The van der Waals surface area contributed by atoms with E-state index in [1.54, 1.807) is 42.3 Å². The number of fused-ring (bicyclic) bond motifs is 1. The summed E-state index contributed by atoms with van der Waals surface area (Å²) >= 11 is 0. The number of aromatic nitrogens is 4. The first-order chi connectivity index (χ1) is 13.2. The van der Waals surface area contributed by atoms with E-state index in [0.717, 1.165) is 5.75 Å². The average Bonchev–Trinajstić information content (AvgIpc) is 3.16. The molecule has 2 N–H and O–H groups in total.